The van der Waals surface area contributed by atoms with Gasteiger partial charge in [-0.15, -0.1) is 0 Å². The van der Waals surface area contributed by atoms with Crippen molar-refractivity contribution in [2.45, 2.75) is 6.54 Å². The van der Waals surface area contributed by atoms with E-state index < -0.39 is 5.82 Å². The van der Waals surface area contributed by atoms with Crippen molar-refractivity contribution >= 4 is 5.91 Å². The van der Waals surface area contributed by atoms with Crippen LogP contribution in [0, 0.1) is 5.82 Å². The number of azide groups is 1. The summed E-state index contributed by atoms with van der Waals surface area (Å²) in [5, 5.41) is 11.1. The molecular formula is C14H13FN6O. The van der Waals surface area contributed by atoms with Gasteiger partial charge in [0.25, 0.3) is 5.91 Å². The molecule has 112 valence electrons. The summed E-state index contributed by atoms with van der Waals surface area (Å²) in [6.45, 7) is 0.0748. The summed E-state index contributed by atoms with van der Waals surface area (Å²) < 4.78 is 14.0. The lowest BCUT2D eigenvalue weighted by Crippen LogP contribution is -2.21. The maximum absolute atomic E-state index is 14.0. The summed E-state index contributed by atoms with van der Waals surface area (Å²) in [5.41, 5.74) is 9.58. The number of carbonyl (C=O) groups excluding carboxylic acids is 1. The molecule has 1 heterocycles. The second-order valence-corrected chi connectivity index (χ2v) is 4.69. The average Bonchev–Trinajstić information content (AvgIpc) is 2.53. The standard InChI is InChI=1S/C14H13FN6O/c1-21(2)14(22)9-3-5-12(15)11(7-9)13-6-4-10(18-19-13)8-17-20-16/h3-7H,8H2,1-2H3. The molecule has 8 heteroatoms. The minimum Gasteiger partial charge on any atom is -0.345 e. The normalized spacial score (nSPS) is 9.95. The Hall–Kier alpha value is -2.99. The first-order chi connectivity index (χ1) is 10.5. The number of hydrogen-bond acceptors (Lipinski definition) is 4. The Morgan fingerprint density at radius 3 is 2.68 bits per heavy atom. The molecule has 0 aliphatic carbocycles. The van der Waals surface area contributed by atoms with Gasteiger partial charge in [-0.3, -0.25) is 4.79 Å². The van der Waals surface area contributed by atoms with Gasteiger partial charge in [-0.05, 0) is 35.9 Å². The van der Waals surface area contributed by atoms with Crippen LogP contribution in [0.1, 0.15) is 16.1 Å². The fraction of sp³-hybridized carbons (Fsp3) is 0.214. The predicted octanol–water partition coefficient (Wildman–Crippen LogP) is 2.79. The van der Waals surface area contributed by atoms with Gasteiger partial charge < -0.3 is 4.90 Å². The van der Waals surface area contributed by atoms with Crippen molar-refractivity contribution in [3.05, 3.63) is 57.8 Å². The number of amides is 1. The summed E-state index contributed by atoms with van der Waals surface area (Å²) in [7, 11) is 3.24. The highest BCUT2D eigenvalue weighted by Crippen LogP contribution is 2.22. The van der Waals surface area contributed by atoms with E-state index in [-0.39, 0.29) is 18.0 Å². The lowest BCUT2D eigenvalue weighted by molar-refractivity contribution is 0.0827. The van der Waals surface area contributed by atoms with E-state index in [9.17, 15) is 9.18 Å². The third-order valence-corrected chi connectivity index (χ3v) is 2.91. The van der Waals surface area contributed by atoms with Crippen molar-refractivity contribution in [3.63, 3.8) is 0 Å². The van der Waals surface area contributed by atoms with Gasteiger partial charge in [0.2, 0.25) is 0 Å². The molecule has 2 rings (SSSR count). The van der Waals surface area contributed by atoms with Crippen molar-refractivity contribution in [2.24, 2.45) is 5.11 Å². The maximum Gasteiger partial charge on any atom is 0.253 e. The molecule has 0 aliphatic heterocycles. The first-order valence-electron chi connectivity index (χ1n) is 6.38. The molecule has 0 radical (unpaired) electrons. The number of rotatable bonds is 4. The third kappa shape index (κ3) is 3.36. The van der Waals surface area contributed by atoms with Crippen LogP contribution in [0.25, 0.3) is 21.7 Å². The van der Waals surface area contributed by atoms with Gasteiger partial charge in [0.05, 0.1) is 17.9 Å². The number of aromatic nitrogens is 2. The minimum atomic E-state index is -0.493. The van der Waals surface area contributed by atoms with E-state index in [0.29, 0.717) is 17.0 Å². The molecule has 1 amide bonds. The zero-order chi connectivity index (χ0) is 16.1. The molecule has 0 fully saturated rings. The van der Waals surface area contributed by atoms with E-state index >= 15 is 0 Å². The Labute approximate surface area is 126 Å². The number of nitrogens with zero attached hydrogens (tertiary/aromatic N) is 6. The molecule has 0 unspecified atom stereocenters. The van der Waals surface area contributed by atoms with Crippen molar-refractivity contribution in [1.29, 1.82) is 0 Å². The van der Waals surface area contributed by atoms with Gasteiger partial charge >= 0.3 is 0 Å². The summed E-state index contributed by atoms with van der Waals surface area (Å²) in [6.07, 6.45) is 0. The molecule has 0 atom stereocenters. The van der Waals surface area contributed by atoms with E-state index in [1.165, 1.54) is 23.1 Å². The second-order valence-electron chi connectivity index (χ2n) is 4.69. The molecule has 7 nitrogen and oxygen atoms in total. The first kappa shape index (κ1) is 15.4. The second kappa shape index (κ2) is 6.64. The molecule has 0 N–H and O–H groups in total. The molecule has 0 spiro atoms. The molecule has 0 aliphatic rings. The smallest absolute Gasteiger partial charge is 0.253 e. The van der Waals surface area contributed by atoms with Gasteiger partial charge in [-0.25, -0.2) is 4.39 Å². The van der Waals surface area contributed by atoms with Crippen LogP contribution in [0.15, 0.2) is 35.4 Å². The fourth-order valence-corrected chi connectivity index (χ4v) is 1.80. The highest BCUT2D eigenvalue weighted by molar-refractivity contribution is 5.95. The topological polar surface area (TPSA) is 94.9 Å². The van der Waals surface area contributed by atoms with E-state index in [1.807, 2.05) is 0 Å². The van der Waals surface area contributed by atoms with Crippen molar-refractivity contribution < 1.29 is 9.18 Å². The molecule has 1 aromatic heterocycles. The van der Waals surface area contributed by atoms with Crippen LogP contribution >= 0.6 is 0 Å². The molecule has 22 heavy (non-hydrogen) atoms. The van der Waals surface area contributed by atoms with Crippen molar-refractivity contribution in [1.82, 2.24) is 15.1 Å². The first-order valence-corrected chi connectivity index (χ1v) is 6.38. The van der Waals surface area contributed by atoms with Gasteiger partial charge in [-0.1, -0.05) is 5.11 Å². The predicted molar refractivity (Wildman–Crippen MR) is 78.3 cm³/mol. The zero-order valence-corrected chi connectivity index (χ0v) is 12.1. The summed E-state index contributed by atoms with van der Waals surface area (Å²) in [5.74, 6) is -0.721. The minimum absolute atomic E-state index is 0.0748. The van der Waals surface area contributed by atoms with Crippen LogP contribution in [0.3, 0.4) is 0 Å². The van der Waals surface area contributed by atoms with Crippen LogP contribution in [-0.2, 0) is 6.54 Å². The Morgan fingerprint density at radius 1 is 1.32 bits per heavy atom. The van der Waals surface area contributed by atoms with E-state index in [2.05, 4.69) is 20.2 Å². The van der Waals surface area contributed by atoms with Crippen molar-refractivity contribution in [3.8, 4) is 11.3 Å². The third-order valence-electron chi connectivity index (χ3n) is 2.91. The monoisotopic (exact) mass is 300 g/mol. The number of hydrogen-bond donors (Lipinski definition) is 0. The van der Waals surface area contributed by atoms with Crippen LogP contribution in [0.4, 0.5) is 4.39 Å². The highest BCUT2D eigenvalue weighted by atomic mass is 19.1. The average molecular weight is 300 g/mol. The van der Waals surface area contributed by atoms with E-state index in [0.717, 1.165) is 0 Å². The van der Waals surface area contributed by atoms with Gasteiger partial charge in [-0.2, -0.15) is 10.2 Å². The molecule has 2 aromatic rings. The Morgan fingerprint density at radius 2 is 2.09 bits per heavy atom. The SMILES string of the molecule is CN(C)C(=O)c1ccc(F)c(-c2ccc(CN=[N+]=[N-])nn2)c1. The summed E-state index contributed by atoms with van der Waals surface area (Å²) in [4.78, 5) is 16.0. The molecule has 0 saturated heterocycles. The summed E-state index contributed by atoms with van der Waals surface area (Å²) >= 11 is 0. The van der Waals surface area contributed by atoms with Gasteiger partial charge in [0, 0.05) is 30.1 Å². The lowest BCUT2D eigenvalue weighted by atomic mass is 10.1. The zero-order valence-electron chi connectivity index (χ0n) is 12.1. The van der Waals surface area contributed by atoms with Gasteiger partial charge in [0.15, 0.2) is 0 Å². The summed E-state index contributed by atoms with van der Waals surface area (Å²) in [6, 6.07) is 7.25. The molecule has 0 saturated carbocycles. The lowest BCUT2D eigenvalue weighted by Gasteiger charge is -2.11. The van der Waals surface area contributed by atoms with E-state index in [1.54, 1.807) is 26.2 Å². The number of carbonyl (C=O) groups is 1. The Kier molecular flexibility index (Phi) is 4.65. The molecule has 0 bridgehead atoms. The van der Waals surface area contributed by atoms with Crippen LogP contribution < -0.4 is 0 Å². The highest BCUT2D eigenvalue weighted by Gasteiger charge is 2.13. The van der Waals surface area contributed by atoms with Gasteiger partial charge in [0.1, 0.15) is 5.82 Å². The van der Waals surface area contributed by atoms with Crippen molar-refractivity contribution in [2.75, 3.05) is 14.1 Å². The maximum atomic E-state index is 14.0. The Bertz CT molecular complexity index is 737. The number of benzene rings is 1. The van der Waals surface area contributed by atoms with Crippen LogP contribution in [0.5, 0.6) is 0 Å². The number of halogens is 1. The fourth-order valence-electron chi connectivity index (χ4n) is 1.80. The quantitative estimate of drug-likeness (QED) is 0.493. The van der Waals surface area contributed by atoms with Crippen LogP contribution in [0.2, 0.25) is 0 Å². The molecule has 1 aromatic carbocycles. The largest absolute Gasteiger partial charge is 0.345 e. The molecular weight excluding hydrogens is 287 g/mol. The van der Waals surface area contributed by atoms with E-state index in [4.69, 9.17) is 5.53 Å². The van der Waals surface area contributed by atoms with Crippen LogP contribution in [-0.4, -0.2) is 35.1 Å². The Balaban J connectivity index is 2.37.